The highest BCUT2D eigenvalue weighted by atomic mass is 79.9. The van der Waals surface area contributed by atoms with E-state index in [1.165, 1.54) is 6.07 Å². The number of sulfonamides is 1. The van der Waals surface area contributed by atoms with Crippen LogP contribution in [0.25, 0.3) is 0 Å². The number of halogens is 1. The largest absolute Gasteiger partial charge is 0.497 e. The van der Waals surface area contributed by atoms with Crippen LogP contribution in [0.2, 0.25) is 0 Å². The van der Waals surface area contributed by atoms with Crippen molar-refractivity contribution in [3.63, 3.8) is 0 Å². The Morgan fingerprint density at radius 1 is 1.00 bits per heavy atom. The summed E-state index contributed by atoms with van der Waals surface area (Å²) in [4.78, 5) is 14.6. The lowest BCUT2D eigenvalue weighted by Crippen LogP contribution is -2.39. The molecule has 0 saturated heterocycles. The molecule has 8 nitrogen and oxygen atoms in total. The molecule has 0 N–H and O–H groups in total. The number of hydrogen-bond acceptors (Lipinski definition) is 7. The van der Waals surface area contributed by atoms with E-state index in [-0.39, 0.29) is 23.9 Å². The first-order valence-corrected chi connectivity index (χ1v) is 12.9. The van der Waals surface area contributed by atoms with Gasteiger partial charge < -0.3 is 19.1 Å². The number of benzene rings is 3. The number of likely N-dealkylation sites (N-methyl/N-ethyl adjacent to an activating group) is 1. The van der Waals surface area contributed by atoms with Crippen molar-refractivity contribution in [1.82, 2.24) is 4.90 Å². The fraction of sp³-hybridized carbons (Fsp3) is 0.200. The molecule has 1 atom stereocenters. The van der Waals surface area contributed by atoms with Crippen molar-refractivity contribution in [3.05, 3.63) is 88.4 Å². The Labute approximate surface area is 212 Å². The Hall–Kier alpha value is -3.37. The van der Waals surface area contributed by atoms with Crippen molar-refractivity contribution in [1.29, 1.82) is 0 Å². The van der Waals surface area contributed by atoms with Gasteiger partial charge in [0.15, 0.2) is 11.9 Å². The minimum absolute atomic E-state index is 0.0423. The van der Waals surface area contributed by atoms with Crippen LogP contribution in [-0.2, 0) is 14.8 Å². The molecule has 10 heteroatoms. The summed E-state index contributed by atoms with van der Waals surface area (Å²) in [5, 5.41) is 0. The molecule has 3 aromatic rings. The Bertz CT molecular complexity index is 1340. The summed E-state index contributed by atoms with van der Waals surface area (Å²) in [5.41, 5.74) is 0.889. The number of ether oxygens (including phenoxy) is 3. The molecule has 0 fully saturated rings. The van der Waals surface area contributed by atoms with Gasteiger partial charge in [-0.3, -0.25) is 0 Å². The highest BCUT2D eigenvalue weighted by molar-refractivity contribution is 9.10. The van der Waals surface area contributed by atoms with Crippen LogP contribution in [0.4, 0.5) is 0 Å². The van der Waals surface area contributed by atoms with Crippen molar-refractivity contribution < 1.29 is 27.4 Å². The number of carbonyl (C=O) groups is 1. The SMILES string of the molecule is COc1ccc(OC[C@@H](CN(C)C2=NS(=O)(=O)c3ccccc32)OC(=O)c2ccc(Br)cc2)cc1. The molecule has 1 aliphatic rings. The van der Waals surface area contributed by atoms with E-state index in [1.807, 2.05) is 0 Å². The maximum atomic E-state index is 12.8. The predicted molar refractivity (Wildman–Crippen MR) is 135 cm³/mol. The van der Waals surface area contributed by atoms with E-state index in [9.17, 15) is 13.2 Å². The number of esters is 1. The van der Waals surface area contributed by atoms with Crippen LogP contribution >= 0.6 is 15.9 Å². The molecule has 35 heavy (non-hydrogen) atoms. The zero-order chi connectivity index (χ0) is 25.0. The summed E-state index contributed by atoms with van der Waals surface area (Å²) in [6.45, 7) is 0.196. The van der Waals surface area contributed by atoms with Crippen molar-refractivity contribution in [2.75, 3.05) is 27.3 Å². The van der Waals surface area contributed by atoms with Crippen LogP contribution in [-0.4, -0.2) is 58.5 Å². The number of amidine groups is 1. The lowest BCUT2D eigenvalue weighted by molar-refractivity contribution is 0.0130. The van der Waals surface area contributed by atoms with Crippen LogP contribution in [0, 0.1) is 0 Å². The molecule has 0 unspecified atom stereocenters. The van der Waals surface area contributed by atoms with E-state index < -0.39 is 22.1 Å². The summed E-state index contributed by atoms with van der Waals surface area (Å²) in [6, 6.07) is 20.5. The molecular weight excluding hydrogens is 536 g/mol. The van der Waals surface area contributed by atoms with Crippen molar-refractivity contribution >= 4 is 37.8 Å². The van der Waals surface area contributed by atoms with E-state index in [4.69, 9.17) is 14.2 Å². The number of rotatable bonds is 8. The minimum atomic E-state index is -3.78. The molecule has 3 aromatic carbocycles. The van der Waals surface area contributed by atoms with Gasteiger partial charge in [-0.15, -0.1) is 4.40 Å². The van der Waals surface area contributed by atoms with E-state index in [0.717, 1.165) is 4.47 Å². The number of fused-ring (bicyclic) bond motifs is 1. The maximum Gasteiger partial charge on any atom is 0.338 e. The van der Waals surface area contributed by atoms with E-state index >= 15 is 0 Å². The Kier molecular flexibility index (Phi) is 7.42. The fourth-order valence-electron chi connectivity index (χ4n) is 3.55. The van der Waals surface area contributed by atoms with Gasteiger partial charge in [-0.1, -0.05) is 28.1 Å². The molecule has 0 amide bonds. The highest BCUT2D eigenvalue weighted by Gasteiger charge is 2.32. The molecule has 0 spiro atoms. The van der Waals surface area contributed by atoms with Gasteiger partial charge in [0.05, 0.1) is 19.2 Å². The number of methoxy groups -OCH3 is 1. The number of hydrogen-bond donors (Lipinski definition) is 0. The van der Waals surface area contributed by atoms with Crippen LogP contribution in [0.5, 0.6) is 11.5 Å². The smallest absolute Gasteiger partial charge is 0.338 e. The summed E-state index contributed by atoms with van der Waals surface area (Å²) in [5.74, 6) is 1.03. The molecule has 1 heterocycles. The van der Waals surface area contributed by atoms with E-state index in [1.54, 1.807) is 85.8 Å². The van der Waals surface area contributed by atoms with Gasteiger partial charge in [0.2, 0.25) is 0 Å². The van der Waals surface area contributed by atoms with Gasteiger partial charge in [-0.25, -0.2) is 4.79 Å². The van der Waals surface area contributed by atoms with Crippen LogP contribution in [0.3, 0.4) is 0 Å². The topological polar surface area (TPSA) is 94.5 Å². The second-order valence-electron chi connectivity index (χ2n) is 7.79. The second-order valence-corrected chi connectivity index (χ2v) is 10.3. The molecule has 0 saturated carbocycles. The fourth-order valence-corrected chi connectivity index (χ4v) is 5.06. The minimum Gasteiger partial charge on any atom is -0.497 e. The van der Waals surface area contributed by atoms with Gasteiger partial charge in [-0.2, -0.15) is 8.42 Å². The first kappa shape index (κ1) is 24.7. The summed E-state index contributed by atoms with van der Waals surface area (Å²) < 4.78 is 46.5. The second kappa shape index (κ2) is 10.5. The monoisotopic (exact) mass is 558 g/mol. The van der Waals surface area contributed by atoms with Gasteiger partial charge in [-0.05, 0) is 60.7 Å². The van der Waals surface area contributed by atoms with Crippen LogP contribution in [0.15, 0.2) is 86.6 Å². The normalized spacial score (nSPS) is 14.4. The lowest BCUT2D eigenvalue weighted by atomic mass is 10.2. The third kappa shape index (κ3) is 5.83. The Balaban J connectivity index is 1.53. The zero-order valence-corrected chi connectivity index (χ0v) is 21.5. The zero-order valence-electron chi connectivity index (χ0n) is 19.0. The first-order chi connectivity index (χ1) is 16.8. The lowest BCUT2D eigenvalue weighted by Gasteiger charge is -2.26. The van der Waals surface area contributed by atoms with Gasteiger partial charge in [0.1, 0.15) is 23.0 Å². The van der Waals surface area contributed by atoms with Crippen molar-refractivity contribution in [3.8, 4) is 11.5 Å². The molecule has 4 rings (SSSR count). The van der Waals surface area contributed by atoms with Crippen LogP contribution in [0.1, 0.15) is 15.9 Å². The third-order valence-electron chi connectivity index (χ3n) is 5.30. The van der Waals surface area contributed by atoms with Gasteiger partial charge in [0.25, 0.3) is 10.0 Å². The highest BCUT2D eigenvalue weighted by Crippen LogP contribution is 2.27. The van der Waals surface area contributed by atoms with Gasteiger partial charge in [0, 0.05) is 17.1 Å². The molecule has 0 radical (unpaired) electrons. The first-order valence-electron chi connectivity index (χ1n) is 10.7. The molecule has 0 bridgehead atoms. The molecular formula is C25H23BrN2O6S. The molecule has 0 aliphatic carbocycles. The van der Waals surface area contributed by atoms with Crippen molar-refractivity contribution in [2.24, 2.45) is 4.40 Å². The number of carbonyl (C=O) groups excluding carboxylic acids is 1. The molecule has 182 valence electrons. The van der Waals surface area contributed by atoms with Crippen LogP contribution < -0.4 is 9.47 Å². The maximum absolute atomic E-state index is 12.8. The summed E-state index contributed by atoms with van der Waals surface area (Å²) in [6.07, 6.45) is -0.726. The number of nitrogens with zero attached hydrogens (tertiary/aromatic N) is 2. The quantitative estimate of drug-likeness (QED) is 0.383. The predicted octanol–water partition coefficient (Wildman–Crippen LogP) is 4.14. The van der Waals surface area contributed by atoms with Crippen molar-refractivity contribution in [2.45, 2.75) is 11.0 Å². The summed E-state index contributed by atoms with van der Waals surface area (Å²) >= 11 is 3.35. The van der Waals surface area contributed by atoms with E-state index in [0.29, 0.717) is 22.6 Å². The average Bonchev–Trinajstić information content (AvgIpc) is 3.14. The van der Waals surface area contributed by atoms with Gasteiger partial charge >= 0.3 is 5.97 Å². The third-order valence-corrected chi connectivity index (χ3v) is 7.15. The Morgan fingerprint density at radius 2 is 1.66 bits per heavy atom. The standard InChI is InChI=1S/C25H23BrN2O6S/c1-28(24-22-5-3-4-6-23(22)35(30,31)27-24)15-21(16-33-20-13-11-19(32-2)12-14-20)34-25(29)17-7-9-18(26)10-8-17/h3-14,21H,15-16H2,1-2H3/t21-/m1/s1. The summed E-state index contributed by atoms with van der Waals surface area (Å²) in [7, 11) is -0.501. The van der Waals surface area contributed by atoms with E-state index in [2.05, 4.69) is 20.3 Å². The molecule has 0 aromatic heterocycles. The Morgan fingerprint density at radius 3 is 2.34 bits per heavy atom. The molecule has 1 aliphatic heterocycles. The average molecular weight is 559 g/mol.